The molecule has 1 atom stereocenters. The highest BCUT2D eigenvalue weighted by Gasteiger charge is 2.50. The smallest absolute Gasteiger partial charge is 0.224 e. The molecule has 0 radical (unpaired) electrons. The molecule has 0 bridgehead atoms. The van der Waals surface area contributed by atoms with Crippen LogP contribution in [0.1, 0.15) is 65.2 Å². The molecule has 0 spiro atoms. The molecule has 0 aliphatic heterocycles. The highest BCUT2D eigenvalue weighted by Crippen LogP contribution is 2.48. The number of primary amides is 1. The van der Waals surface area contributed by atoms with E-state index in [1.54, 1.807) is 7.05 Å². The molecule has 2 rings (SSSR count). The van der Waals surface area contributed by atoms with Crippen molar-refractivity contribution in [3.05, 3.63) is 0 Å². The van der Waals surface area contributed by atoms with Crippen molar-refractivity contribution in [2.75, 3.05) is 7.05 Å². The zero-order chi connectivity index (χ0) is 15.2. The maximum atomic E-state index is 12.2. The maximum absolute atomic E-state index is 12.2. The summed E-state index contributed by atoms with van der Waals surface area (Å²) in [5.41, 5.74) is 5.07. The Labute approximate surface area is 122 Å². The first kappa shape index (κ1) is 17.0. The van der Waals surface area contributed by atoms with E-state index < -0.39 is 5.41 Å². The van der Waals surface area contributed by atoms with Crippen LogP contribution in [-0.4, -0.2) is 18.9 Å². The topological polar surface area (TPSA) is 72.2 Å². The standard InChI is InChI=1S/C14H24N2O2.C2H6/c1-16-12(17)11(9-10-5-4-6-10)14(13(15)18)7-2-3-8-14;1-2/h10-11H,2-9H2,1H3,(H2,15,18)(H,16,17);1-2H3. The minimum Gasteiger partial charge on any atom is -0.369 e. The van der Waals surface area contributed by atoms with E-state index in [0.717, 1.165) is 32.1 Å². The van der Waals surface area contributed by atoms with E-state index in [4.69, 9.17) is 5.73 Å². The SMILES string of the molecule is CC.CNC(=O)C(CC1CCC1)C1(C(N)=O)CCCC1. The predicted molar refractivity (Wildman–Crippen MR) is 81.0 cm³/mol. The molecule has 116 valence electrons. The lowest BCUT2D eigenvalue weighted by atomic mass is 9.66. The highest BCUT2D eigenvalue weighted by atomic mass is 16.2. The fourth-order valence-corrected chi connectivity index (χ4v) is 3.59. The summed E-state index contributed by atoms with van der Waals surface area (Å²) in [6.45, 7) is 4.00. The second-order valence-electron chi connectivity index (χ2n) is 5.93. The Balaban J connectivity index is 0.000000956. The molecule has 0 heterocycles. The molecular weight excluding hydrogens is 252 g/mol. The molecule has 2 amide bonds. The van der Waals surface area contributed by atoms with E-state index in [-0.39, 0.29) is 17.7 Å². The van der Waals surface area contributed by atoms with Gasteiger partial charge in [0.25, 0.3) is 0 Å². The Bertz CT molecular complexity index is 331. The zero-order valence-electron chi connectivity index (χ0n) is 13.2. The third kappa shape index (κ3) is 3.33. The molecule has 2 saturated carbocycles. The van der Waals surface area contributed by atoms with Gasteiger partial charge in [-0.2, -0.15) is 0 Å². The van der Waals surface area contributed by atoms with E-state index in [9.17, 15) is 9.59 Å². The number of carbonyl (C=O) groups excluding carboxylic acids is 2. The second-order valence-corrected chi connectivity index (χ2v) is 5.93. The fourth-order valence-electron chi connectivity index (χ4n) is 3.59. The minimum atomic E-state index is -0.574. The van der Waals surface area contributed by atoms with Crippen molar-refractivity contribution in [2.24, 2.45) is 23.0 Å². The lowest BCUT2D eigenvalue weighted by molar-refractivity contribution is -0.141. The number of nitrogens with two attached hydrogens (primary N) is 1. The van der Waals surface area contributed by atoms with Crippen molar-refractivity contribution in [1.82, 2.24) is 5.32 Å². The Hall–Kier alpha value is -1.06. The van der Waals surface area contributed by atoms with Crippen molar-refractivity contribution in [3.63, 3.8) is 0 Å². The Kier molecular flexibility index (Phi) is 6.50. The summed E-state index contributed by atoms with van der Waals surface area (Å²) in [6, 6.07) is 0. The van der Waals surface area contributed by atoms with Crippen LogP contribution in [-0.2, 0) is 9.59 Å². The summed E-state index contributed by atoms with van der Waals surface area (Å²) in [7, 11) is 1.65. The van der Waals surface area contributed by atoms with Gasteiger partial charge < -0.3 is 11.1 Å². The van der Waals surface area contributed by atoms with Crippen molar-refractivity contribution < 1.29 is 9.59 Å². The van der Waals surface area contributed by atoms with Crippen LogP contribution in [0.2, 0.25) is 0 Å². The Morgan fingerprint density at radius 3 is 2.10 bits per heavy atom. The van der Waals surface area contributed by atoms with Gasteiger partial charge in [0.1, 0.15) is 0 Å². The molecular formula is C16H30N2O2. The minimum absolute atomic E-state index is 0.00241. The highest BCUT2D eigenvalue weighted by molar-refractivity contribution is 5.90. The Morgan fingerprint density at radius 2 is 1.75 bits per heavy atom. The number of carbonyl (C=O) groups is 2. The molecule has 3 N–H and O–H groups in total. The van der Waals surface area contributed by atoms with E-state index in [1.165, 1.54) is 19.3 Å². The van der Waals surface area contributed by atoms with Crippen LogP contribution in [0, 0.1) is 17.3 Å². The first-order chi connectivity index (χ1) is 9.60. The first-order valence-electron chi connectivity index (χ1n) is 8.11. The number of hydrogen-bond acceptors (Lipinski definition) is 2. The molecule has 0 aromatic heterocycles. The van der Waals surface area contributed by atoms with Gasteiger partial charge in [-0.1, -0.05) is 46.0 Å². The summed E-state index contributed by atoms with van der Waals surface area (Å²) >= 11 is 0. The molecule has 0 aromatic rings. The lowest BCUT2D eigenvalue weighted by Gasteiger charge is -2.37. The molecule has 2 fully saturated rings. The first-order valence-corrected chi connectivity index (χ1v) is 8.11. The van der Waals surface area contributed by atoms with Crippen LogP contribution in [0.25, 0.3) is 0 Å². The quantitative estimate of drug-likeness (QED) is 0.813. The number of hydrogen-bond donors (Lipinski definition) is 2. The number of amides is 2. The average molecular weight is 282 g/mol. The third-order valence-electron chi connectivity index (χ3n) is 5.01. The average Bonchev–Trinajstić information content (AvgIpc) is 2.89. The monoisotopic (exact) mass is 282 g/mol. The molecule has 0 saturated heterocycles. The van der Waals surface area contributed by atoms with E-state index >= 15 is 0 Å². The largest absolute Gasteiger partial charge is 0.369 e. The van der Waals surface area contributed by atoms with E-state index in [1.807, 2.05) is 13.8 Å². The van der Waals surface area contributed by atoms with Gasteiger partial charge in [0.05, 0.1) is 11.3 Å². The second kappa shape index (κ2) is 7.65. The van der Waals surface area contributed by atoms with Gasteiger partial charge in [0.15, 0.2) is 0 Å². The van der Waals surface area contributed by atoms with Gasteiger partial charge in [-0.3, -0.25) is 9.59 Å². The normalized spacial score (nSPS) is 22.1. The molecule has 2 aliphatic carbocycles. The van der Waals surface area contributed by atoms with Crippen molar-refractivity contribution in [2.45, 2.75) is 65.2 Å². The maximum Gasteiger partial charge on any atom is 0.224 e. The summed E-state index contributed by atoms with van der Waals surface area (Å²) in [5.74, 6) is 0.132. The zero-order valence-corrected chi connectivity index (χ0v) is 13.2. The van der Waals surface area contributed by atoms with Gasteiger partial charge in [0, 0.05) is 7.05 Å². The summed E-state index contributed by atoms with van der Waals surface area (Å²) in [5, 5.41) is 2.73. The Morgan fingerprint density at radius 1 is 1.20 bits per heavy atom. The van der Waals surface area contributed by atoms with Gasteiger partial charge in [-0.05, 0) is 25.2 Å². The van der Waals surface area contributed by atoms with Crippen LogP contribution in [0.4, 0.5) is 0 Å². The van der Waals surface area contributed by atoms with Crippen LogP contribution in [0.5, 0.6) is 0 Å². The van der Waals surface area contributed by atoms with Crippen LogP contribution >= 0.6 is 0 Å². The summed E-state index contributed by atoms with van der Waals surface area (Å²) in [4.78, 5) is 24.1. The predicted octanol–water partition coefficient (Wildman–Crippen LogP) is 2.61. The number of rotatable bonds is 5. The molecule has 0 aromatic carbocycles. The lowest BCUT2D eigenvalue weighted by Crippen LogP contribution is -2.48. The van der Waals surface area contributed by atoms with Crippen LogP contribution < -0.4 is 11.1 Å². The van der Waals surface area contributed by atoms with Gasteiger partial charge in [0.2, 0.25) is 11.8 Å². The molecule has 20 heavy (non-hydrogen) atoms. The molecule has 2 aliphatic rings. The van der Waals surface area contributed by atoms with Crippen LogP contribution in [0.15, 0.2) is 0 Å². The molecule has 4 heteroatoms. The van der Waals surface area contributed by atoms with Gasteiger partial charge >= 0.3 is 0 Å². The van der Waals surface area contributed by atoms with Crippen LogP contribution in [0.3, 0.4) is 0 Å². The van der Waals surface area contributed by atoms with E-state index in [2.05, 4.69) is 5.32 Å². The molecule has 1 unspecified atom stereocenters. The van der Waals surface area contributed by atoms with Gasteiger partial charge in [-0.25, -0.2) is 0 Å². The number of nitrogens with one attached hydrogen (secondary N) is 1. The molecule has 4 nitrogen and oxygen atoms in total. The third-order valence-corrected chi connectivity index (χ3v) is 5.01. The van der Waals surface area contributed by atoms with Gasteiger partial charge in [-0.15, -0.1) is 0 Å². The summed E-state index contributed by atoms with van der Waals surface area (Å²) < 4.78 is 0. The fraction of sp³-hybridized carbons (Fsp3) is 0.875. The van der Waals surface area contributed by atoms with Crippen molar-refractivity contribution in [3.8, 4) is 0 Å². The van der Waals surface area contributed by atoms with E-state index in [0.29, 0.717) is 5.92 Å². The van der Waals surface area contributed by atoms with Crippen molar-refractivity contribution >= 4 is 11.8 Å². The van der Waals surface area contributed by atoms with Crippen molar-refractivity contribution in [1.29, 1.82) is 0 Å². The summed E-state index contributed by atoms with van der Waals surface area (Å²) in [6.07, 6.45) is 8.09.